The van der Waals surface area contributed by atoms with Gasteiger partial charge in [0.2, 0.25) is 11.7 Å². The Labute approximate surface area is 115 Å². The molecule has 1 unspecified atom stereocenters. The van der Waals surface area contributed by atoms with Gasteiger partial charge in [0.1, 0.15) is 0 Å². The molecule has 1 N–H and O–H groups in total. The van der Waals surface area contributed by atoms with Crippen molar-refractivity contribution in [1.29, 1.82) is 0 Å². The molecule has 3 rings (SSSR count). The molecular formula is C14H15F2N3O. The van der Waals surface area contributed by atoms with Crippen LogP contribution in [0, 0.1) is 11.6 Å². The SMILES string of the molecule is CCC1(c2nc(-c3ccc(F)c(F)c3)no2)CCCN1. The summed E-state index contributed by atoms with van der Waals surface area (Å²) < 4.78 is 31.5. The third-order valence-corrected chi connectivity index (χ3v) is 3.86. The number of hydrogen-bond acceptors (Lipinski definition) is 4. The van der Waals surface area contributed by atoms with Crippen molar-refractivity contribution in [2.45, 2.75) is 31.7 Å². The van der Waals surface area contributed by atoms with Crippen molar-refractivity contribution < 1.29 is 13.3 Å². The third kappa shape index (κ3) is 2.10. The Kier molecular flexibility index (Phi) is 3.25. The lowest BCUT2D eigenvalue weighted by Crippen LogP contribution is -2.36. The zero-order valence-corrected chi connectivity index (χ0v) is 11.1. The van der Waals surface area contributed by atoms with Crippen LogP contribution in [0.25, 0.3) is 11.4 Å². The van der Waals surface area contributed by atoms with Gasteiger partial charge in [-0.1, -0.05) is 12.1 Å². The summed E-state index contributed by atoms with van der Waals surface area (Å²) in [5.41, 5.74) is 0.118. The minimum Gasteiger partial charge on any atom is -0.337 e. The maximum absolute atomic E-state index is 13.2. The van der Waals surface area contributed by atoms with Gasteiger partial charge < -0.3 is 9.84 Å². The van der Waals surface area contributed by atoms with E-state index in [0.717, 1.165) is 37.9 Å². The minimum atomic E-state index is -0.918. The molecule has 0 radical (unpaired) electrons. The molecule has 0 aliphatic carbocycles. The van der Waals surface area contributed by atoms with Gasteiger partial charge in [0.25, 0.3) is 0 Å². The Hall–Kier alpha value is -1.82. The molecule has 2 aromatic rings. The average molecular weight is 279 g/mol. The van der Waals surface area contributed by atoms with Gasteiger partial charge in [-0.15, -0.1) is 0 Å². The molecule has 0 amide bonds. The van der Waals surface area contributed by atoms with Gasteiger partial charge in [-0.3, -0.25) is 0 Å². The van der Waals surface area contributed by atoms with Crippen LogP contribution in [0.5, 0.6) is 0 Å². The first-order valence-electron chi connectivity index (χ1n) is 6.69. The number of hydrogen-bond donors (Lipinski definition) is 1. The Morgan fingerprint density at radius 2 is 2.20 bits per heavy atom. The van der Waals surface area contributed by atoms with Gasteiger partial charge in [0.05, 0.1) is 5.54 Å². The Morgan fingerprint density at radius 1 is 1.35 bits per heavy atom. The van der Waals surface area contributed by atoms with Crippen LogP contribution >= 0.6 is 0 Å². The predicted molar refractivity (Wildman–Crippen MR) is 68.9 cm³/mol. The number of nitrogens with one attached hydrogen (secondary N) is 1. The molecule has 106 valence electrons. The zero-order valence-electron chi connectivity index (χ0n) is 11.1. The summed E-state index contributed by atoms with van der Waals surface area (Å²) in [4.78, 5) is 4.35. The molecule has 1 aliphatic rings. The molecule has 0 bridgehead atoms. The average Bonchev–Trinajstić information content (AvgIpc) is 3.10. The first-order valence-corrected chi connectivity index (χ1v) is 6.69. The molecule has 1 atom stereocenters. The van der Waals surface area contributed by atoms with E-state index < -0.39 is 11.6 Å². The Morgan fingerprint density at radius 3 is 2.85 bits per heavy atom. The third-order valence-electron chi connectivity index (χ3n) is 3.86. The van der Waals surface area contributed by atoms with Gasteiger partial charge >= 0.3 is 0 Å². The summed E-state index contributed by atoms with van der Waals surface area (Å²) in [6, 6.07) is 3.57. The zero-order chi connectivity index (χ0) is 14.2. The van der Waals surface area contributed by atoms with Crippen molar-refractivity contribution in [1.82, 2.24) is 15.5 Å². The Balaban J connectivity index is 1.95. The van der Waals surface area contributed by atoms with E-state index >= 15 is 0 Å². The highest BCUT2D eigenvalue weighted by atomic mass is 19.2. The first-order chi connectivity index (χ1) is 9.64. The van der Waals surface area contributed by atoms with Gasteiger partial charge in [-0.25, -0.2) is 8.78 Å². The summed E-state index contributed by atoms with van der Waals surface area (Å²) in [7, 11) is 0. The van der Waals surface area contributed by atoms with Crippen LogP contribution in [0.4, 0.5) is 8.78 Å². The molecule has 4 nitrogen and oxygen atoms in total. The molecule has 0 saturated carbocycles. The molecule has 0 spiro atoms. The lowest BCUT2D eigenvalue weighted by molar-refractivity contribution is 0.250. The van der Waals surface area contributed by atoms with Crippen molar-refractivity contribution in [3.8, 4) is 11.4 Å². The highest BCUT2D eigenvalue weighted by Crippen LogP contribution is 2.33. The number of aromatic nitrogens is 2. The van der Waals surface area contributed by atoms with E-state index in [9.17, 15) is 8.78 Å². The maximum atomic E-state index is 13.2. The maximum Gasteiger partial charge on any atom is 0.247 e. The fourth-order valence-corrected chi connectivity index (χ4v) is 2.61. The molecule has 1 aliphatic heterocycles. The van der Waals surface area contributed by atoms with Crippen LogP contribution in [0.2, 0.25) is 0 Å². The molecule has 20 heavy (non-hydrogen) atoms. The molecule has 1 aromatic heterocycles. The minimum absolute atomic E-state index is 0.278. The van der Waals surface area contributed by atoms with E-state index in [0.29, 0.717) is 11.5 Å². The van der Waals surface area contributed by atoms with Gasteiger partial charge in [-0.2, -0.15) is 4.98 Å². The fraction of sp³-hybridized carbons (Fsp3) is 0.429. The lowest BCUT2D eigenvalue weighted by Gasteiger charge is -2.22. The van der Waals surface area contributed by atoms with Crippen molar-refractivity contribution in [2.24, 2.45) is 0 Å². The number of halogens is 2. The van der Waals surface area contributed by atoms with Crippen LogP contribution < -0.4 is 5.32 Å². The smallest absolute Gasteiger partial charge is 0.247 e. The summed E-state index contributed by atoms with van der Waals surface area (Å²) in [6.45, 7) is 2.97. The summed E-state index contributed by atoms with van der Waals surface area (Å²) in [6.07, 6.45) is 2.83. The van der Waals surface area contributed by atoms with Gasteiger partial charge in [0.15, 0.2) is 11.6 Å². The first kappa shape index (κ1) is 13.2. The quantitative estimate of drug-likeness (QED) is 0.938. The van der Waals surface area contributed by atoms with E-state index in [1.807, 2.05) is 0 Å². The molecule has 1 fully saturated rings. The number of benzene rings is 1. The highest BCUT2D eigenvalue weighted by molar-refractivity contribution is 5.54. The van der Waals surface area contributed by atoms with Crippen molar-refractivity contribution in [3.05, 3.63) is 35.7 Å². The summed E-state index contributed by atoms with van der Waals surface area (Å²) in [5.74, 6) is -1.02. The standard InChI is InChI=1S/C14H15F2N3O/c1-2-14(6-3-7-17-14)13-18-12(19-20-13)9-4-5-10(15)11(16)8-9/h4-5,8,17H,2-3,6-7H2,1H3. The fourth-order valence-electron chi connectivity index (χ4n) is 2.61. The molecular weight excluding hydrogens is 264 g/mol. The van der Waals surface area contributed by atoms with Crippen molar-refractivity contribution in [3.63, 3.8) is 0 Å². The van der Waals surface area contributed by atoms with E-state index in [2.05, 4.69) is 22.4 Å². The monoisotopic (exact) mass is 279 g/mol. The van der Waals surface area contributed by atoms with Crippen LogP contribution in [-0.2, 0) is 5.54 Å². The van der Waals surface area contributed by atoms with E-state index in [1.165, 1.54) is 6.07 Å². The van der Waals surface area contributed by atoms with Gasteiger partial charge in [0, 0.05) is 5.56 Å². The van der Waals surface area contributed by atoms with Crippen LogP contribution in [-0.4, -0.2) is 16.7 Å². The van der Waals surface area contributed by atoms with Crippen LogP contribution in [0.15, 0.2) is 22.7 Å². The second-order valence-corrected chi connectivity index (χ2v) is 5.02. The second kappa shape index (κ2) is 4.94. The molecule has 6 heteroatoms. The Bertz CT molecular complexity index is 621. The van der Waals surface area contributed by atoms with E-state index in [1.54, 1.807) is 0 Å². The van der Waals surface area contributed by atoms with Crippen LogP contribution in [0.3, 0.4) is 0 Å². The van der Waals surface area contributed by atoms with E-state index in [-0.39, 0.29) is 11.4 Å². The van der Waals surface area contributed by atoms with Gasteiger partial charge in [-0.05, 0) is 44.0 Å². The van der Waals surface area contributed by atoms with Crippen LogP contribution in [0.1, 0.15) is 32.1 Å². The molecule has 1 aromatic carbocycles. The largest absolute Gasteiger partial charge is 0.337 e. The predicted octanol–water partition coefficient (Wildman–Crippen LogP) is 3.00. The lowest BCUT2D eigenvalue weighted by atomic mass is 9.94. The molecule has 1 saturated heterocycles. The normalized spacial score (nSPS) is 22.4. The van der Waals surface area contributed by atoms with Crippen molar-refractivity contribution >= 4 is 0 Å². The van der Waals surface area contributed by atoms with Crippen molar-refractivity contribution in [2.75, 3.05) is 6.54 Å². The highest BCUT2D eigenvalue weighted by Gasteiger charge is 2.38. The molecule has 2 heterocycles. The number of nitrogens with zero attached hydrogens (tertiary/aromatic N) is 2. The van der Waals surface area contributed by atoms with E-state index in [4.69, 9.17) is 4.52 Å². The summed E-state index contributed by atoms with van der Waals surface area (Å²) in [5, 5.41) is 7.27. The topological polar surface area (TPSA) is 51.0 Å². The summed E-state index contributed by atoms with van der Waals surface area (Å²) >= 11 is 0. The number of rotatable bonds is 3. The second-order valence-electron chi connectivity index (χ2n) is 5.02.